The molecule has 0 bridgehead atoms. The second kappa shape index (κ2) is 5.10. The van der Waals surface area contributed by atoms with E-state index in [4.69, 9.17) is 5.14 Å². The van der Waals surface area contributed by atoms with E-state index in [1.807, 2.05) is 19.9 Å². The summed E-state index contributed by atoms with van der Waals surface area (Å²) in [5.74, 6) is 0.587. The molecule has 0 unspecified atom stereocenters. The van der Waals surface area contributed by atoms with Crippen LogP contribution in [-0.2, 0) is 22.9 Å². The number of primary sulfonamides is 1. The van der Waals surface area contributed by atoms with E-state index in [1.54, 1.807) is 23.0 Å². The van der Waals surface area contributed by atoms with Crippen molar-refractivity contribution in [3.8, 4) is 5.82 Å². The molecule has 0 aliphatic rings. The zero-order valence-corrected chi connectivity index (χ0v) is 11.7. The molecule has 2 rings (SSSR count). The zero-order chi connectivity index (χ0) is 14.0. The van der Waals surface area contributed by atoms with Crippen LogP contribution >= 0.6 is 0 Å². The standard InChI is InChI=1S/C12H16N4O2S/c1-3-9-12(19(13,17)18)10(4-2)16(15-9)11-7-5-6-8-14-11/h5-8H,3-4H2,1-2H3,(H2,13,17,18). The number of aromatic nitrogens is 3. The van der Waals surface area contributed by atoms with Gasteiger partial charge in [0.2, 0.25) is 10.0 Å². The Labute approximate surface area is 112 Å². The van der Waals surface area contributed by atoms with E-state index in [0.717, 1.165) is 0 Å². The van der Waals surface area contributed by atoms with Crippen molar-refractivity contribution in [2.24, 2.45) is 5.14 Å². The van der Waals surface area contributed by atoms with Gasteiger partial charge in [0.25, 0.3) is 0 Å². The van der Waals surface area contributed by atoms with Crippen molar-refractivity contribution >= 4 is 10.0 Å². The third-order valence-corrected chi connectivity index (χ3v) is 3.86. The minimum Gasteiger partial charge on any atom is -0.237 e. The molecule has 102 valence electrons. The fourth-order valence-corrected chi connectivity index (χ4v) is 3.10. The Balaban J connectivity index is 2.75. The summed E-state index contributed by atoms with van der Waals surface area (Å²) in [6.45, 7) is 3.71. The van der Waals surface area contributed by atoms with Crippen LogP contribution in [0.5, 0.6) is 0 Å². The molecule has 0 atom stereocenters. The Bertz CT molecular complexity index is 677. The van der Waals surface area contributed by atoms with Crippen LogP contribution < -0.4 is 5.14 Å². The van der Waals surface area contributed by atoms with E-state index in [0.29, 0.717) is 30.0 Å². The molecule has 0 aromatic carbocycles. The lowest BCUT2D eigenvalue weighted by Gasteiger charge is -2.05. The van der Waals surface area contributed by atoms with Crippen molar-refractivity contribution in [3.05, 3.63) is 35.8 Å². The highest BCUT2D eigenvalue weighted by molar-refractivity contribution is 7.89. The van der Waals surface area contributed by atoms with E-state index in [1.165, 1.54) is 0 Å². The lowest BCUT2D eigenvalue weighted by Crippen LogP contribution is -2.16. The van der Waals surface area contributed by atoms with Gasteiger partial charge in [0.05, 0.1) is 11.4 Å². The van der Waals surface area contributed by atoms with E-state index in [-0.39, 0.29) is 4.90 Å². The number of aryl methyl sites for hydroxylation is 1. The molecule has 2 N–H and O–H groups in total. The average molecular weight is 280 g/mol. The highest BCUT2D eigenvalue weighted by atomic mass is 32.2. The summed E-state index contributed by atoms with van der Waals surface area (Å²) in [5.41, 5.74) is 1.04. The van der Waals surface area contributed by atoms with Crippen LogP contribution in [0.3, 0.4) is 0 Å². The van der Waals surface area contributed by atoms with Crippen LogP contribution in [0.1, 0.15) is 25.2 Å². The van der Waals surface area contributed by atoms with Crippen molar-refractivity contribution in [3.63, 3.8) is 0 Å². The monoisotopic (exact) mass is 280 g/mol. The average Bonchev–Trinajstić information content (AvgIpc) is 2.78. The van der Waals surface area contributed by atoms with E-state index in [2.05, 4.69) is 10.1 Å². The molecule has 6 nitrogen and oxygen atoms in total. The minimum absolute atomic E-state index is 0.128. The maximum atomic E-state index is 11.7. The molecule has 2 aromatic rings. The fourth-order valence-electron chi connectivity index (χ4n) is 2.03. The molecule has 0 aliphatic carbocycles. The van der Waals surface area contributed by atoms with Gasteiger partial charge in [-0.3, -0.25) is 0 Å². The topological polar surface area (TPSA) is 90.9 Å². The Morgan fingerprint density at radius 1 is 1.26 bits per heavy atom. The molecule has 7 heteroatoms. The third kappa shape index (κ3) is 2.52. The van der Waals surface area contributed by atoms with Crippen molar-refractivity contribution in [1.29, 1.82) is 0 Å². The minimum atomic E-state index is -3.79. The van der Waals surface area contributed by atoms with Crippen molar-refractivity contribution in [2.75, 3.05) is 0 Å². The smallest absolute Gasteiger partial charge is 0.237 e. The fraction of sp³-hybridized carbons (Fsp3) is 0.333. The molecular formula is C12H16N4O2S. The Morgan fingerprint density at radius 2 is 2.00 bits per heavy atom. The Kier molecular flexibility index (Phi) is 3.68. The molecule has 19 heavy (non-hydrogen) atoms. The molecule has 0 fully saturated rings. The quantitative estimate of drug-likeness (QED) is 0.905. The van der Waals surface area contributed by atoms with E-state index >= 15 is 0 Å². The summed E-state index contributed by atoms with van der Waals surface area (Å²) in [4.78, 5) is 4.32. The molecular weight excluding hydrogens is 264 g/mol. The summed E-state index contributed by atoms with van der Waals surface area (Å²) in [7, 11) is -3.79. The number of nitrogens with two attached hydrogens (primary N) is 1. The van der Waals surface area contributed by atoms with Crippen LogP contribution in [-0.4, -0.2) is 23.2 Å². The molecule has 0 saturated carbocycles. The molecule has 0 spiro atoms. The first kappa shape index (κ1) is 13.7. The van der Waals surface area contributed by atoms with Gasteiger partial charge in [0, 0.05) is 6.20 Å². The highest BCUT2D eigenvalue weighted by Crippen LogP contribution is 2.22. The lowest BCUT2D eigenvalue weighted by atomic mass is 10.2. The number of hydrogen-bond acceptors (Lipinski definition) is 4. The largest absolute Gasteiger partial charge is 0.241 e. The van der Waals surface area contributed by atoms with Crippen LogP contribution in [0, 0.1) is 0 Å². The van der Waals surface area contributed by atoms with Gasteiger partial charge >= 0.3 is 0 Å². The molecule has 2 heterocycles. The van der Waals surface area contributed by atoms with Crippen molar-refractivity contribution < 1.29 is 8.42 Å². The molecule has 0 saturated heterocycles. The molecule has 2 aromatic heterocycles. The van der Waals surface area contributed by atoms with Crippen molar-refractivity contribution in [2.45, 2.75) is 31.6 Å². The van der Waals surface area contributed by atoms with Gasteiger partial charge in [-0.25, -0.2) is 23.2 Å². The Hall–Kier alpha value is -1.73. The molecule has 0 radical (unpaired) electrons. The van der Waals surface area contributed by atoms with Gasteiger partial charge in [-0.15, -0.1) is 0 Å². The molecule has 0 amide bonds. The second-order valence-corrected chi connectivity index (χ2v) is 5.57. The van der Waals surface area contributed by atoms with Gasteiger partial charge in [-0.05, 0) is 25.0 Å². The summed E-state index contributed by atoms with van der Waals surface area (Å²) in [6, 6.07) is 5.39. The third-order valence-electron chi connectivity index (χ3n) is 2.82. The highest BCUT2D eigenvalue weighted by Gasteiger charge is 2.24. The number of nitrogens with zero attached hydrogens (tertiary/aromatic N) is 3. The lowest BCUT2D eigenvalue weighted by molar-refractivity contribution is 0.595. The van der Waals surface area contributed by atoms with Gasteiger partial charge in [-0.1, -0.05) is 19.9 Å². The SMILES string of the molecule is CCc1nn(-c2ccccn2)c(CC)c1S(N)(=O)=O. The van der Waals surface area contributed by atoms with Crippen LogP contribution in [0.2, 0.25) is 0 Å². The zero-order valence-electron chi connectivity index (χ0n) is 10.9. The van der Waals surface area contributed by atoms with Gasteiger partial charge in [-0.2, -0.15) is 5.10 Å². The summed E-state index contributed by atoms with van der Waals surface area (Å²) < 4.78 is 25.0. The maximum Gasteiger partial charge on any atom is 0.241 e. The number of sulfonamides is 1. The van der Waals surface area contributed by atoms with Gasteiger partial charge in [0.1, 0.15) is 4.90 Å². The Morgan fingerprint density at radius 3 is 2.47 bits per heavy atom. The predicted octanol–water partition coefficient (Wildman–Crippen LogP) is 1.04. The van der Waals surface area contributed by atoms with Crippen molar-refractivity contribution in [1.82, 2.24) is 14.8 Å². The normalized spacial score (nSPS) is 11.7. The number of rotatable bonds is 4. The first-order chi connectivity index (χ1) is 8.99. The first-order valence-corrected chi connectivity index (χ1v) is 7.58. The summed E-state index contributed by atoms with van der Waals surface area (Å²) in [6.07, 6.45) is 2.65. The predicted molar refractivity (Wildman–Crippen MR) is 71.5 cm³/mol. The molecule has 0 aliphatic heterocycles. The number of hydrogen-bond donors (Lipinski definition) is 1. The van der Waals surface area contributed by atoms with Gasteiger partial charge in [0.15, 0.2) is 5.82 Å². The van der Waals surface area contributed by atoms with Crippen LogP contribution in [0.15, 0.2) is 29.3 Å². The number of pyridine rings is 1. The van der Waals surface area contributed by atoms with Gasteiger partial charge < -0.3 is 0 Å². The second-order valence-electron chi connectivity index (χ2n) is 4.07. The van der Waals surface area contributed by atoms with E-state index < -0.39 is 10.0 Å². The summed E-state index contributed by atoms with van der Waals surface area (Å²) >= 11 is 0. The maximum absolute atomic E-state index is 11.7. The first-order valence-electron chi connectivity index (χ1n) is 6.04. The summed E-state index contributed by atoms with van der Waals surface area (Å²) in [5, 5.41) is 9.63. The van der Waals surface area contributed by atoms with Crippen LogP contribution in [0.4, 0.5) is 0 Å². The van der Waals surface area contributed by atoms with Crippen LogP contribution in [0.25, 0.3) is 5.82 Å². The van der Waals surface area contributed by atoms with E-state index in [9.17, 15) is 8.42 Å².